The maximum Gasteiger partial charge on any atom is 0.209 e. The Morgan fingerprint density at radius 1 is 0.800 bits per heavy atom. The highest BCUT2D eigenvalue weighted by molar-refractivity contribution is 6.30. The molecule has 2 aromatic carbocycles. The predicted octanol–water partition coefficient (Wildman–Crippen LogP) is 3.43. The first-order chi connectivity index (χ1) is 12.1. The highest BCUT2D eigenvalue weighted by Crippen LogP contribution is 2.26. The Bertz CT molecular complexity index is 883. The summed E-state index contributed by atoms with van der Waals surface area (Å²) >= 11 is 6.07. The van der Waals surface area contributed by atoms with Crippen LogP contribution in [0.5, 0.6) is 0 Å². The normalized spacial score (nSPS) is 17.4. The molecule has 4 nitrogen and oxygen atoms in total. The van der Waals surface area contributed by atoms with Gasteiger partial charge in [0.05, 0.1) is 5.70 Å². The van der Waals surface area contributed by atoms with Crippen molar-refractivity contribution in [1.82, 2.24) is 4.90 Å². The van der Waals surface area contributed by atoms with Gasteiger partial charge in [-0.05, 0) is 18.2 Å². The molecule has 0 aromatic heterocycles. The highest BCUT2D eigenvalue weighted by Gasteiger charge is 2.30. The van der Waals surface area contributed by atoms with E-state index in [1.807, 2.05) is 29.2 Å². The van der Waals surface area contributed by atoms with E-state index in [0.29, 0.717) is 34.9 Å². The van der Waals surface area contributed by atoms with Gasteiger partial charge < -0.3 is 9.80 Å². The van der Waals surface area contributed by atoms with E-state index in [9.17, 15) is 9.59 Å². The van der Waals surface area contributed by atoms with Crippen molar-refractivity contribution in [3.63, 3.8) is 0 Å². The first-order valence-corrected chi connectivity index (χ1v) is 8.66. The molecule has 0 bridgehead atoms. The number of piperazine rings is 1. The van der Waals surface area contributed by atoms with Crippen LogP contribution in [-0.4, -0.2) is 42.6 Å². The molecule has 0 spiro atoms. The Kier molecular flexibility index (Phi) is 4.06. The van der Waals surface area contributed by atoms with Gasteiger partial charge in [-0.2, -0.15) is 0 Å². The number of fused-ring (bicyclic) bond motifs is 1. The van der Waals surface area contributed by atoms with Gasteiger partial charge in [-0.3, -0.25) is 9.59 Å². The van der Waals surface area contributed by atoms with Crippen LogP contribution >= 0.6 is 11.6 Å². The Morgan fingerprint density at radius 2 is 1.48 bits per heavy atom. The standard InChI is InChI=1S/C20H17ClN2O2/c21-14-4-3-5-15(12-14)22-8-10-23(11-9-22)18-13-19(24)16-6-1-2-7-17(16)20(18)25/h1-7,12-13H,8-11H2. The predicted molar refractivity (Wildman–Crippen MR) is 98.4 cm³/mol. The molecule has 25 heavy (non-hydrogen) atoms. The second kappa shape index (κ2) is 6.37. The number of hydrogen-bond acceptors (Lipinski definition) is 4. The summed E-state index contributed by atoms with van der Waals surface area (Å²) in [4.78, 5) is 29.3. The molecule has 1 saturated heterocycles. The number of halogens is 1. The average Bonchev–Trinajstić information content (AvgIpc) is 2.65. The molecule has 0 unspecified atom stereocenters. The van der Waals surface area contributed by atoms with E-state index >= 15 is 0 Å². The lowest BCUT2D eigenvalue weighted by Crippen LogP contribution is -2.47. The monoisotopic (exact) mass is 352 g/mol. The van der Waals surface area contributed by atoms with Crippen LogP contribution in [0.15, 0.2) is 60.3 Å². The number of benzene rings is 2. The first kappa shape index (κ1) is 15.9. The fraction of sp³-hybridized carbons (Fsp3) is 0.200. The quantitative estimate of drug-likeness (QED) is 0.830. The van der Waals surface area contributed by atoms with Gasteiger partial charge in [0.2, 0.25) is 5.78 Å². The summed E-state index contributed by atoms with van der Waals surface area (Å²) in [5, 5.41) is 0.715. The van der Waals surface area contributed by atoms with E-state index in [1.54, 1.807) is 24.3 Å². The van der Waals surface area contributed by atoms with Gasteiger partial charge in [-0.1, -0.05) is 41.9 Å². The summed E-state index contributed by atoms with van der Waals surface area (Å²) in [6, 6.07) is 14.8. The number of allylic oxidation sites excluding steroid dienone is 2. The Hall–Kier alpha value is -2.59. The lowest BCUT2D eigenvalue weighted by atomic mass is 9.92. The maximum absolute atomic E-state index is 12.8. The van der Waals surface area contributed by atoms with Gasteiger partial charge in [-0.25, -0.2) is 0 Å². The second-order valence-electron chi connectivity index (χ2n) is 6.22. The largest absolute Gasteiger partial charge is 0.368 e. The zero-order valence-corrected chi connectivity index (χ0v) is 14.4. The van der Waals surface area contributed by atoms with Crippen molar-refractivity contribution in [2.75, 3.05) is 31.1 Å². The zero-order valence-electron chi connectivity index (χ0n) is 13.6. The van der Waals surface area contributed by atoms with Crippen molar-refractivity contribution in [3.8, 4) is 0 Å². The Labute approximate surface area is 151 Å². The molecular formula is C20H17ClN2O2. The number of carbonyl (C=O) groups excluding carboxylic acids is 2. The maximum atomic E-state index is 12.8. The van der Waals surface area contributed by atoms with Crippen molar-refractivity contribution in [1.29, 1.82) is 0 Å². The average molecular weight is 353 g/mol. The lowest BCUT2D eigenvalue weighted by Gasteiger charge is -2.38. The molecule has 0 saturated carbocycles. The SMILES string of the molecule is O=C1C=C(N2CCN(c3cccc(Cl)c3)CC2)C(=O)c2ccccc21. The van der Waals surface area contributed by atoms with E-state index in [-0.39, 0.29) is 11.6 Å². The summed E-state index contributed by atoms with van der Waals surface area (Å²) in [7, 11) is 0. The Balaban J connectivity index is 1.52. The van der Waals surface area contributed by atoms with Gasteiger partial charge in [0, 0.05) is 54.1 Å². The molecule has 4 rings (SSSR count). The van der Waals surface area contributed by atoms with Crippen LogP contribution in [0, 0.1) is 0 Å². The van der Waals surface area contributed by atoms with Crippen molar-refractivity contribution >= 4 is 28.9 Å². The summed E-state index contributed by atoms with van der Waals surface area (Å²) in [5.74, 6) is -0.158. The molecule has 1 heterocycles. The van der Waals surface area contributed by atoms with Crippen LogP contribution in [0.2, 0.25) is 5.02 Å². The number of hydrogen-bond donors (Lipinski definition) is 0. The summed E-state index contributed by atoms with van der Waals surface area (Å²) in [6.07, 6.45) is 1.49. The smallest absolute Gasteiger partial charge is 0.209 e. The van der Waals surface area contributed by atoms with Gasteiger partial charge in [-0.15, -0.1) is 0 Å². The number of carbonyl (C=O) groups is 2. The third-order valence-corrected chi connectivity index (χ3v) is 4.97. The number of Topliss-reactive ketones (excluding diaryl/α,β-unsaturated/α-hetero) is 1. The van der Waals surface area contributed by atoms with Crippen LogP contribution in [0.25, 0.3) is 0 Å². The number of ketones is 2. The van der Waals surface area contributed by atoms with Crippen molar-refractivity contribution < 1.29 is 9.59 Å². The summed E-state index contributed by atoms with van der Waals surface area (Å²) in [5.41, 5.74) is 2.59. The van der Waals surface area contributed by atoms with Crippen LogP contribution in [-0.2, 0) is 0 Å². The third kappa shape index (κ3) is 2.94. The van der Waals surface area contributed by atoms with Gasteiger partial charge in [0.25, 0.3) is 0 Å². The van der Waals surface area contributed by atoms with Crippen molar-refractivity contribution in [2.24, 2.45) is 0 Å². The van der Waals surface area contributed by atoms with E-state index in [4.69, 9.17) is 11.6 Å². The molecule has 1 aliphatic heterocycles. The van der Waals surface area contributed by atoms with Crippen LogP contribution in [0.1, 0.15) is 20.7 Å². The number of rotatable bonds is 2. The topological polar surface area (TPSA) is 40.6 Å². The number of nitrogens with zero attached hydrogens (tertiary/aromatic N) is 2. The number of anilines is 1. The molecular weight excluding hydrogens is 336 g/mol. The van der Waals surface area contributed by atoms with Gasteiger partial charge in [0.15, 0.2) is 5.78 Å². The molecule has 0 radical (unpaired) electrons. The molecule has 126 valence electrons. The van der Waals surface area contributed by atoms with Crippen LogP contribution < -0.4 is 4.90 Å². The van der Waals surface area contributed by atoms with Crippen LogP contribution in [0.3, 0.4) is 0 Å². The van der Waals surface area contributed by atoms with Crippen molar-refractivity contribution in [3.05, 3.63) is 76.5 Å². The molecule has 5 heteroatoms. The minimum absolute atomic E-state index is 0.0635. The first-order valence-electron chi connectivity index (χ1n) is 8.29. The second-order valence-corrected chi connectivity index (χ2v) is 6.66. The van der Waals surface area contributed by atoms with E-state index in [0.717, 1.165) is 18.8 Å². The Morgan fingerprint density at radius 3 is 2.20 bits per heavy atom. The molecule has 1 aliphatic carbocycles. The minimum Gasteiger partial charge on any atom is -0.368 e. The molecule has 1 fully saturated rings. The molecule has 0 N–H and O–H groups in total. The fourth-order valence-corrected chi connectivity index (χ4v) is 3.60. The highest BCUT2D eigenvalue weighted by atomic mass is 35.5. The van der Waals surface area contributed by atoms with Crippen LogP contribution in [0.4, 0.5) is 5.69 Å². The molecule has 2 aromatic rings. The van der Waals surface area contributed by atoms with E-state index in [1.165, 1.54) is 6.08 Å². The minimum atomic E-state index is -0.0949. The lowest BCUT2D eigenvalue weighted by molar-refractivity contribution is 0.0948. The van der Waals surface area contributed by atoms with Gasteiger partial charge >= 0.3 is 0 Å². The third-order valence-electron chi connectivity index (χ3n) is 4.73. The molecule has 2 aliphatic rings. The van der Waals surface area contributed by atoms with E-state index < -0.39 is 0 Å². The summed E-state index contributed by atoms with van der Waals surface area (Å²) in [6.45, 7) is 2.95. The van der Waals surface area contributed by atoms with Crippen molar-refractivity contribution in [2.45, 2.75) is 0 Å². The zero-order chi connectivity index (χ0) is 17.4. The summed E-state index contributed by atoms with van der Waals surface area (Å²) < 4.78 is 0. The van der Waals surface area contributed by atoms with E-state index in [2.05, 4.69) is 4.90 Å². The molecule has 0 atom stereocenters. The fourth-order valence-electron chi connectivity index (χ4n) is 3.41. The molecule has 0 amide bonds. The van der Waals surface area contributed by atoms with Gasteiger partial charge in [0.1, 0.15) is 0 Å².